The van der Waals surface area contributed by atoms with Gasteiger partial charge in [0.25, 0.3) is 0 Å². The van der Waals surface area contributed by atoms with E-state index in [4.69, 9.17) is 0 Å². The van der Waals surface area contributed by atoms with Crippen molar-refractivity contribution in [1.29, 1.82) is 0 Å². The zero-order chi connectivity index (χ0) is 16.7. The van der Waals surface area contributed by atoms with Gasteiger partial charge in [-0.3, -0.25) is 0 Å². The lowest BCUT2D eigenvalue weighted by Gasteiger charge is -2.46. The van der Waals surface area contributed by atoms with Gasteiger partial charge in [-0.15, -0.1) is 0 Å². The highest BCUT2D eigenvalue weighted by Crippen LogP contribution is 2.29. The molecule has 1 aliphatic rings. The fraction of sp³-hybridized carbons (Fsp3) is 0.474. The van der Waals surface area contributed by atoms with Gasteiger partial charge in [0.15, 0.2) is 0 Å². The molecule has 124 valence electrons. The van der Waals surface area contributed by atoms with E-state index in [0.29, 0.717) is 0 Å². The van der Waals surface area contributed by atoms with Crippen molar-refractivity contribution in [1.82, 2.24) is 10.0 Å². The number of hydrogen-bond donors (Lipinski definition) is 2. The molecule has 1 heterocycles. The van der Waals surface area contributed by atoms with Gasteiger partial charge in [0, 0.05) is 17.1 Å². The molecule has 0 saturated carbocycles. The van der Waals surface area contributed by atoms with Crippen LogP contribution >= 0.6 is 0 Å². The first kappa shape index (κ1) is 16.6. The van der Waals surface area contributed by atoms with Crippen LogP contribution in [0.1, 0.15) is 40.5 Å². The van der Waals surface area contributed by atoms with E-state index in [1.165, 1.54) is 5.39 Å². The van der Waals surface area contributed by atoms with Crippen molar-refractivity contribution in [3.63, 3.8) is 0 Å². The Hall–Kier alpha value is -1.23. The normalized spacial score (nSPS) is 22.1. The fourth-order valence-electron chi connectivity index (χ4n) is 3.91. The number of piperidine rings is 1. The van der Waals surface area contributed by atoms with E-state index in [9.17, 15) is 4.21 Å². The maximum atomic E-state index is 12.8. The second kappa shape index (κ2) is 6.00. The first-order valence-electron chi connectivity index (χ1n) is 8.20. The predicted octanol–water partition coefficient (Wildman–Crippen LogP) is 3.76. The fourth-order valence-corrected chi connectivity index (χ4v) is 4.94. The minimum atomic E-state index is -1.18. The molecule has 1 aliphatic heterocycles. The molecule has 3 nitrogen and oxygen atoms in total. The SMILES string of the molecule is CC1(C)CC(N[S@](=O)c2ccc3ccccc3c2)CC(C)(C)N1. The van der Waals surface area contributed by atoms with Gasteiger partial charge in [-0.2, -0.15) is 0 Å². The molecule has 3 rings (SSSR count). The molecule has 1 atom stereocenters. The van der Waals surface area contributed by atoms with Crippen LogP contribution in [0.25, 0.3) is 10.8 Å². The summed E-state index contributed by atoms with van der Waals surface area (Å²) in [7, 11) is -1.18. The third kappa shape index (κ3) is 4.00. The average molecular weight is 330 g/mol. The molecule has 23 heavy (non-hydrogen) atoms. The Labute approximate surface area is 141 Å². The summed E-state index contributed by atoms with van der Waals surface area (Å²) in [6.45, 7) is 8.84. The van der Waals surface area contributed by atoms with Gasteiger partial charge in [-0.05, 0) is 63.4 Å². The third-order valence-electron chi connectivity index (χ3n) is 4.40. The molecule has 0 unspecified atom stereocenters. The topological polar surface area (TPSA) is 41.1 Å². The van der Waals surface area contributed by atoms with Crippen LogP contribution in [0, 0.1) is 0 Å². The molecule has 0 aromatic heterocycles. The van der Waals surface area contributed by atoms with E-state index < -0.39 is 11.0 Å². The van der Waals surface area contributed by atoms with Crippen LogP contribution in [-0.4, -0.2) is 21.3 Å². The van der Waals surface area contributed by atoms with Gasteiger partial charge >= 0.3 is 0 Å². The third-order valence-corrected chi connectivity index (χ3v) is 5.63. The lowest BCUT2D eigenvalue weighted by molar-refractivity contribution is 0.157. The molecule has 1 fully saturated rings. The zero-order valence-corrected chi connectivity index (χ0v) is 15.2. The minimum absolute atomic E-state index is 0.0486. The Morgan fingerprint density at radius 3 is 2.26 bits per heavy atom. The van der Waals surface area contributed by atoms with E-state index in [-0.39, 0.29) is 17.1 Å². The summed E-state index contributed by atoms with van der Waals surface area (Å²) in [6.07, 6.45) is 1.94. The average Bonchev–Trinajstić information content (AvgIpc) is 2.43. The summed E-state index contributed by atoms with van der Waals surface area (Å²) >= 11 is 0. The highest BCUT2D eigenvalue weighted by atomic mass is 32.2. The van der Waals surface area contributed by atoms with Crippen LogP contribution in [0.2, 0.25) is 0 Å². The van der Waals surface area contributed by atoms with Gasteiger partial charge in [-0.1, -0.05) is 30.3 Å². The van der Waals surface area contributed by atoms with E-state index in [1.54, 1.807) is 0 Å². The van der Waals surface area contributed by atoms with Gasteiger partial charge < -0.3 is 5.32 Å². The molecule has 2 aromatic carbocycles. The van der Waals surface area contributed by atoms with E-state index in [0.717, 1.165) is 23.1 Å². The van der Waals surface area contributed by atoms with Crippen LogP contribution in [0.15, 0.2) is 47.4 Å². The summed E-state index contributed by atoms with van der Waals surface area (Å²) in [5.74, 6) is 0. The predicted molar refractivity (Wildman–Crippen MR) is 97.8 cm³/mol. The maximum Gasteiger partial charge on any atom is 0.125 e. The monoisotopic (exact) mass is 330 g/mol. The van der Waals surface area contributed by atoms with Crippen molar-refractivity contribution >= 4 is 21.8 Å². The van der Waals surface area contributed by atoms with Crippen molar-refractivity contribution in [2.75, 3.05) is 0 Å². The second-order valence-corrected chi connectivity index (χ2v) is 9.14. The van der Waals surface area contributed by atoms with Gasteiger partial charge in [0.1, 0.15) is 11.0 Å². The molecule has 0 aliphatic carbocycles. The first-order valence-corrected chi connectivity index (χ1v) is 9.35. The van der Waals surface area contributed by atoms with Gasteiger partial charge in [0.05, 0.1) is 4.90 Å². The van der Waals surface area contributed by atoms with Crippen LogP contribution in [0.3, 0.4) is 0 Å². The van der Waals surface area contributed by atoms with Crippen molar-refractivity contribution in [2.24, 2.45) is 0 Å². The molecule has 0 spiro atoms. The Morgan fingerprint density at radius 2 is 1.61 bits per heavy atom. The van der Waals surface area contributed by atoms with Crippen LogP contribution in [0.5, 0.6) is 0 Å². The van der Waals surface area contributed by atoms with E-state index >= 15 is 0 Å². The molecule has 0 amide bonds. The molecule has 0 bridgehead atoms. The largest absolute Gasteiger partial charge is 0.307 e. The smallest absolute Gasteiger partial charge is 0.125 e. The maximum absolute atomic E-state index is 12.8. The van der Waals surface area contributed by atoms with Crippen molar-refractivity contribution in [3.8, 4) is 0 Å². The highest BCUT2D eigenvalue weighted by molar-refractivity contribution is 7.83. The Kier molecular flexibility index (Phi) is 4.34. The molecule has 2 aromatic rings. The number of fused-ring (bicyclic) bond motifs is 1. The second-order valence-electron chi connectivity index (χ2n) is 7.89. The quantitative estimate of drug-likeness (QED) is 0.899. The first-order chi connectivity index (χ1) is 10.7. The summed E-state index contributed by atoms with van der Waals surface area (Å²) in [5.41, 5.74) is 0.0972. The van der Waals surface area contributed by atoms with Crippen molar-refractivity contribution in [3.05, 3.63) is 42.5 Å². The van der Waals surface area contributed by atoms with Crippen LogP contribution in [0.4, 0.5) is 0 Å². The number of hydrogen-bond acceptors (Lipinski definition) is 2. The summed E-state index contributed by atoms with van der Waals surface area (Å²) in [5, 5.41) is 5.97. The van der Waals surface area contributed by atoms with Gasteiger partial charge in [0.2, 0.25) is 0 Å². The highest BCUT2D eigenvalue weighted by Gasteiger charge is 2.38. The molecule has 1 saturated heterocycles. The molecule has 4 heteroatoms. The Balaban J connectivity index is 1.77. The number of nitrogens with one attached hydrogen (secondary N) is 2. The lowest BCUT2D eigenvalue weighted by atomic mass is 9.80. The Morgan fingerprint density at radius 1 is 1.00 bits per heavy atom. The summed E-state index contributed by atoms with van der Waals surface area (Å²) in [4.78, 5) is 0.845. The minimum Gasteiger partial charge on any atom is -0.307 e. The standard InChI is InChI=1S/C19H26N2OS/c1-18(2)12-16(13-19(3,4)21-18)20-23(22)17-10-9-14-7-5-6-8-15(14)11-17/h5-11,16,20-21H,12-13H2,1-4H3/t23-/m1/s1. The lowest BCUT2D eigenvalue weighted by Crippen LogP contribution is -2.61. The van der Waals surface area contributed by atoms with E-state index in [1.807, 2.05) is 30.3 Å². The molecule has 0 radical (unpaired) electrons. The number of rotatable bonds is 3. The summed E-state index contributed by atoms with van der Waals surface area (Å²) < 4.78 is 16.1. The van der Waals surface area contributed by atoms with Crippen LogP contribution < -0.4 is 10.0 Å². The zero-order valence-electron chi connectivity index (χ0n) is 14.3. The summed E-state index contributed by atoms with van der Waals surface area (Å²) in [6, 6.07) is 14.4. The number of benzene rings is 2. The molecular formula is C19H26N2OS. The van der Waals surface area contributed by atoms with Crippen LogP contribution in [-0.2, 0) is 11.0 Å². The Bertz CT molecular complexity index is 723. The molecular weight excluding hydrogens is 304 g/mol. The van der Waals surface area contributed by atoms with Crippen molar-refractivity contribution < 1.29 is 4.21 Å². The van der Waals surface area contributed by atoms with Gasteiger partial charge in [-0.25, -0.2) is 8.93 Å². The van der Waals surface area contributed by atoms with Crippen molar-refractivity contribution in [2.45, 2.75) is 62.6 Å². The molecule has 2 N–H and O–H groups in total. The van der Waals surface area contributed by atoms with E-state index in [2.05, 4.69) is 49.9 Å².